The van der Waals surface area contributed by atoms with Crippen molar-refractivity contribution < 1.29 is 22.6 Å². The van der Waals surface area contributed by atoms with Gasteiger partial charge in [0.25, 0.3) is 22.6 Å². The van der Waals surface area contributed by atoms with Crippen molar-refractivity contribution in [3.63, 3.8) is 0 Å². The van der Waals surface area contributed by atoms with E-state index in [1.165, 1.54) is 24.0 Å². The Bertz CT molecular complexity index is 328. The molecule has 0 bridgehead atoms. The van der Waals surface area contributed by atoms with Crippen LogP contribution in [0.1, 0.15) is 72.4 Å². The second kappa shape index (κ2) is 7.52. The van der Waals surface area contributed by atoms with Gasteiger partial charge in [0.15, 0.2) is 3.42 Å². The van der Waals surface area contributed by atoms with E-state index in [1.807, 2.05) is 0 Å². The number of halogens is 1. The molecular formula is C17H30I+. The number of rotatable bonds is 3. The van der Waals surface area contributed by atoms with Crippen LogP contribution in [0.2, 0.25) is 0 Å². The highest BCUT2D eigenvalue weighted by molar-refractivity contribution is 5.30. The molecule has 0 heterocycles. The van der Waals surface area contributed by atoms with Crippen molar-refractivity contribution in [3.05, 3.63) is 35.4 Å². The fourth-order valence-corrected chi connectivity index (χ4v) is 1.92. The Hall–Kier alpha value is -0.0500. The summed E-state index contributed by atoms with van der Waals surface area (Å²) in [6.07, 6.45) is 2.43. The Morgan fingerprint density at radius 1 is 0.833 bits per heavy atom. The molecule has 0 amide bonds. The van der Waals surface area contributed by atoms with E-state index in [-0.39, 0.29) is 3.42 Å². The molecule has 0 radical (unpaired) electrons. The molecule has 104 valence electrons. The summed E-state index contributed by atoms with van der Waals surface area (Å²) in [7, 11) is 0. The maximum Gasteiger partial charge on any atom is 0.263 e. The zero-order chi connectivity index (χ0) is 14.4. The molecule has 0 fully saturated rings. The number of hydrogen-bond donors (Lipinski definition) is 0. The minimum atomic E-state index is 0.269. The smallest absolute Gasteiger partial charge is 0.0656 e. The Kier molecular flexibility index (Phi) is 7.50. The molecule has 1 aromatic carbocycles. The molecule has 1 heteroatoms. The average molecular weight is 361 g/mol. The van der Waals surface area contributed by atoms with Gasteiger partial charge in [-0.15, -0.1) is 0 Å². The first kappa shape index (κ1) is 17.9. The van der Waals surface area contributed by atoms with Crippen LogP contribution < -0.4 is 22.6 Å². The van der Waals surface area contributed by atoms with Crippen LogP contribution in [0.25, 0.3) is 0 Å². The van der Waals surface area contributed by atoms with Crippen molar-refractivity contribution in [1.82, 2.24) is 0 Å². The first-order valence-electron chi connectivity index (χ1n) is 7.00. The van der Waals surface area contributed by atoms with Gasteiger partial charge in [-0.2, -0.15) is 0 Å². The summed E-state index contributed by atoms with van der Waals surface area (Å²) in [4.78, 5) is 0. The number of benzene rings is 1. The van der Waals surface area contributed by atoms with E-state index in [9.17, 15) is 0 Å². The Morgan fingerprint density at radius 3 is 1.44 bits per heavy atom. The molecule has 0 aliphatic rings. The molecule has 0 nitrogen and oxygen atoms in total. The van der Waals surface area contributed by atoms with Crippen LogP contribution in [-0.2, 0) is 8.84 Å². The van der Waals surface area contributed by atoms with Crippen LogP contribution in [0, 0.1) is 0 Å². The third-order valence-electron chi connectivity index (χ3n) is 3.25. The Labute approximate surface area is 128 Å². The van der Waals surface area contributed by atoms with E-state index in [1.54, 1.807) is 0 Å². The van der Waals surface area contributed by atoms with Gasteiger partial charge in [0, 0.05) is 5.56 Å². The van der Waals surface area contributed by atoms with E-state index in [4.69, 9.17) is 0 Å². The second-order valence-corrected chi connectivity index (χ2v) is 8.95. The van der Waals surface area contributed by atoms with E-state index >= 15 is 0 Å². The first-order valence-corrected chi connectivity index (χ1v) is 8.17. The summed E-state index contributed by atoms with van der Waals surface area (Å²) in [5.41, 5.74) is 3.17. The Morgan fingerprint density at radius 2 is 1.17 bits per heavy atom. The SMILES string of the molecule is CCC.CCC(C)(C)c1ccc(C(C)(C)[IH+])cc1. The molecular weight excluding hydrogens is 331 g/mol. The van der Waals surface area contributed by atoms with Gasteiger partial charge in [0.1, 0.15) is 0 Å². The fraction of sp³-hybridized carbons (Fsp3) is 0.647. The van der Waals surface area contributed by atoms with E-state index in [0.717, 1.165) is 0 Å². The van der Waals surface area contributed by atoms with Gasteiger partial charge < -0.3 is 0 Å². The summed E-state index contributed by atoms with van der Waals surface area (Å²) >= 11 is 2.18. The monoisotopic (exact) mass is 361 g/mol. The predicted octanol–water partition coefficient (Wildman–Crippen LogP) is 2.31. The lowest BCUT2D eigenvalue weighted by Crippen LogP contribution is -3.41. The third-order valence-corrected chi connectivity index (χ3v) is 3.92. The first-order chi connectivity index (χ1) is 8.19. The summed E-state index contributed by atoms with van der Waals surface area (Å²) < 4.78 is 0.269. The zero-order valence-electron chi connectivity index (χ0n) is 13.1. The predicted molar refractivity (Wildman–Crippen MR) is 80.1 cm³/mol. The lowest BCUT2D eigenvalue weighted by Gasteiger charge is -2.23. The second-order valence-electron chi connectivity index (χ2n) is 6.03. The van der Waals surface area contributed by atoms with Gasteiger partial charge in [0.2, 0.25) is 0 Å². The van der Waals surface area contributed by atoms with Crippen molar-refractivity contribution >= 4 is 0 Å². The number of hydrogen-bond acceptors (Lipinski definition) is 0. The van der Waals surface area contributed by atoms with Crippen molar-refractivity contribution in [2.45, 2.75) is 70.1 Å². The van der Waals surface area contributed by atoms with Gasteiger partial charge in [-0.1, -0.05) is 65.3 Å². The molecule has 0 saturated heterocycles. The van der Waals surface area contributed by atoms with Gasteiger partial charge in [-0.05, 0) is 31.2 Å². The Balaban J connectivity index is 0.000000873. The van der Waals surface area contributed by atoms with Gasteiger partial charge in [-0.25, -0.2) is 0 Å². The van der Waals surface area contributed by atoms with Crippen LogP contribution in [0.4, 0.5) is 0 Å². The fourth-order valence-electron chi connectivity index (χ4n) is 1.53. The van der Waals surface area contributed by atoms with Crippen LogP contribution >= 0.6 is 0 Å². The lowest BCUT2D eigenvalue weighted by atomic mass is 9.81. The largest absolute Gasteiger partial charge is 0.263 e. The number of alkyl halides is 1. The van der Waals surface area contributed by atoms with Crippen LogP contribution in [0.3, 0.4) is 0 Å². The molecule has 1 rings (SSSR count). The van der Waals surface area contributed by atoms with Crippen LogP contribution in [0.15, 0.2) is 24.3 Å². The van der Waals surface area contributed by atoms with E-state index in [0.29, 0.717) is 5.41 Å². The summed E-state index contributed by atoms with van der Waals surface area (Å²) in [6, 6.07) is 9.11. The highest BCUT2D eigenvalue weighted by Gasteiger charge is 2.26. The van der Waals surface area contributed by atoms with Gasteiger partial charge >= 0.3 is 0 Å². The molecule has 0 unspecified atom stereocenters. The van der Waals surface area contributed by atoms with Crippen molar-refractivity contribution in [2.75, 3.05) is 0 Å². The van der Waals surface area contributed by atoms with Crippen molar-refractivity contribution in [1.29, 1.82) is 0 Å². The summed E-state index contributed by atoms with van der Waals surface area (Å²) in [5.74, 6) is 0. The highest BCUT2D eigenvalue weighted by Crippen LogP contribution is 2.27. The van der Waals surface area contributed by atoms with Crippen molar-refractivity contribution in [3.8, 4) is 0 Å². The maximum absolute atomic E-state index is 2.31. The molecule has 0 aromatic heterocycles. The van der Waals surface area contributed by atoms with E-state index in [2.05, 4.69) is 95.3 Å². The highest BCUT2D eigenvalue weighted by atomic mass is 127. The standard InChI is InChI=1S/C14H22I.C3H8/c1-6-13(2,3)11-7-9-12(10-8-11)14(4,5)15;1-3-2/h7-10,15H,6H2,1-5H3;3H2,1-2H3/q+1;. The quantitative estimate of drug-likeness (QED) is 0.573. The summed E-state index contributed by atoms with van der Waals surface area (Å²) in [6.45, 7) is 15.6. The average Bonchev–Trinajstić information content (AvgIpc) is 2.29. The van der Waals surface area contributed by atoms with Gasteiger partial charge in [0.05, 0.1) is 0 Å². The van der Waals surface area contributed by atoms with E-state index < -0.39 is 0 Å². The molecule has 0 N–H and O–H groups in total. The van der Waals surface area contributed by atoms with Crippen LogP contribution in [0.5, 0.6) is 0 Å². The topological polar surface area (TPSA) is 0 Å². The third kappa shape index (κ3) is 5.73. The minimum Gasteiger partial charge on any atom is -0.0656 e. The van der Waals surface area contributed by atoms with Crippen LogP contribution in [-0.4, -0.2) is 0 Å². The molecule has 0 spiro atoms. The molecule has 1 aromatic rings. The van der Waals surface area contributed by atoms with Gasteiger partial charge in [-0.3, -0.25) is 0 Å². The minimum absolute atomic E-state index is 0.269. The molecule has 0 aliphatic heterocycles. The van der Waals surface area contributed by atoms with Crippen molar-refractivity contribution in [2.24, 2.45) is 0 Å². The molecule has 0 aliphatic carbocycles. The normalized spacial score (nSPS) is 11.8. The lowest BCUT2D eigenvalue weighted by molar-refractivity contribution is -0.475. The molecule has 0 atom stereocenters. The maximum atomic E-state index is 2.31. The molecule has 18 heavy (non-hydrogen) atoms. The zero-order valence-corrected chi connectivity index (χ0v) is 15.5. The summed E-state index contributed by atoms with van der Waals surface area (Å²) in [5, 5.41) is 0. The molecule has 0 saturated carbocycles.